The summed E-state index contributed by atoms with van der Waals surface area (Å²) in [5.74, 6) is -1.54. The van der Waals surface area contributed by atoms with Crippen LogP contribution in [0.4, 0.5) is 0 Å². The summed E-state index contributed by atoms with van der Waals surface area (Å²) >= 11 is 0. The minimum absolute atomic E-state index is 0.0156. The maximum Gasteiger partial charge on any atom is 0.329 e. The number of Topliss-reactive ketones (excluding diaryl/α,β-unsaturated/α-hetero) is 1. The van der Waals surface area contributed by atoms with E-state index in [2.05, 4.69) is 54.3 Å². The number of nitrogens with zero attached hydrogens (tertiary/aromatic N) is 1. The molecule has 0 bridgehead atoms. The van der Waals surface area contributed by atoms with Crippen molar-refractivity contribution in [2.45, 2.75) is 66.0 Å². The molecule has 2 rings (SSSR count). The van der Waals surface area contributed by atoms with Crippen molar-refractivity contribution in [3.63, 3.8) is 0 Å². The Morgan fingerprint density at radius 1 is 1.22 bits per heavy atom. The lowest BCUT2D eigenvalue weighted by molar-refractivity contribution is -0.158. The molecule has 1 unspecified atom stereocenters. The summed E-state index contributed by atoms with van der Waals surface area (Å²) in [4.78, 5) is 34.1. The number of nitrogens with two attached hydrogens (primary N) is 1. The molecule has 0 spiro atoms. The van der Waals surface area contributed by atoms with Gasteiger partial charge in [0.2, 0.25) is 5.91 Å². The average molecular weight is 447 g/mol. The number of fused-ring (bicyclic) bond motifs is 1. The van der Waals surface area contributed by atoms with Crippen LogP contribution in [0.5, 0.6) is 0 Å². The van der Waals surface area contributed by atoms with E-state index < -0.39 is 29.3 Å². The Bertz CT molecular complexity index is 861. The van der Waals surface area contributed by atoms with E-state index in [1.807, 2.05) is 13.8 Å². The van der Waals surface area contributed by atoms with Crippen molar-refractivity contribution in [1.29, 1.82) is 5.41 Å². The molecule has 0 radical (unpaired) electrons. The quantitative estimate of drug-likeness (QED) is 0.444. The first-order valence-electron chi connectivity index (χ1n) is 10.7. The van der Waals surface area contributed by atoms with E-state index in [-0.39, 0.29) is 19.4 Å². The number of hydrogen-bond acceptors (Lipinski definition) is 6. The average Bonchev–Trinajstić information content (AvgIpc) is 3.05. The van der Waals surface area contributed by atoms with Gasteiger partial charge in [0.25, 0.3) is 0 Å². The Balaban J connectivity index is 0.000000617. The molecule has 32 heavy (non-hydrogen) atoms. The van der Waals surface area contributed by atoms with E-state index in [0.717, 1.165) is 0 Å². The highest BCUT2D eigenvalue weighted by Gasteiger charge is 2.26. The summed E-state index contributed by atoms with van der Waals surface area (Å²) in [5, 5.41) is 10.5. The lowest BCUT2D eigenvalue weighted by Crippen LogP contribution is -2.46. The first kappa shape index (κ1) is 29.0. The summed E-state index contributed by atoms with van der Waals surface area (Å²) in [6, 6.07) is 7.52. The number of para-hydroxylation sites is 1. The molecule has 1 aromatic carbocycles. The van der Waals surface area contributed by atoms with Crippen molar-refractivity contribution >= 4 is 34.8 Å². The summed E-state index contributed by atoms with van der Waals surface area (Å²) in [7, 11) is 2.08. The number of aromatic nitrogens is 1. The number of esters is 1. The van der Waals surface area contributed by atoms with Gasteiger partial charge in [-0.3, -0.25) is 9.59 Å². The predicted octanol–water partition coefficient (Wildman–Crippen LogP) is 3.28. The van der Waals surface area contributed by atoms with Crippen LogP contribution in [0.1, 0.15) is 53.0 Å². The van der Waals surface area contributed by atoms with Crippen LogP contribution >= 0.6 is 0 Å². The number of aryl methyl sites for hydroxylation is 2. The van der Waals surface area contributed by atoms with Crippen LogP contribution < -0.4 is 11.1 Å². The molecule has 0 saturated heterocycles. The number of amides is 1. The molecule has 1 amide bonds. The fourth-order valence-electron chi connectivity index (χ4n) is 2.78. The number of hydrogen-bond donors (Lipinski definition) is 3. The molecule has 0 saturated carbocycles. The smallest absolute Gasteiger partial charge is 0.329 e. The summed E-state index contributed by atoms with van der Waals surface area (Å²) in [6.07, 6.45) is 2.90. The number of benzene rings is 1. The van der Waals surface area contributed by atoms with Crippen molar-refractivity contribution in [2.24, 2.45) is 12.8 Å². The van der Waals surface area contributed by atoms with Crippen molar-refractivity contribution in [3.05, 3.63) is 36.0 Å². The normalized spacial score (nSPS) is 11.2. The number of ketones is 1. The van der Waals surface area contributed by atoms with E-state index in [1.165, 1.54) is 16.5 Å². The molecule has 1 heterocycles. The van der Waals surface area contributed by atoms with Crippen molar-refractivity contribution in [2.75, 3.05) is 6.54 Å². The maximum absolute atomic E-state index is 11.9. The maximum atomic E-state index is 11.9. The van der Waals surface area contributed by atoms with Crippen LogP contribution in [0.25, 0.3) is 10.9 Å². The zero-order valence-electron chi connectivity index (χ0n) is 20.3. The molecule has 0 fully saturated rings. The fourth-order valence-corrected chi connectivity index (χ4v) is 2.78. The lowest BCUT2D eigenvalue weighted by atomic mass is 10.1. The zero-order valence-corrected chi connectivity index (χ0v) is 20.3. The molecular weight excluding hydrogens is 408 g/mol. The second-order valence-corrected chi connectivity index (χ2v) is 7.95. The Labute approximate surface area is 191 Å². The second-order valence-electron chi connectivity index (χ2n) is 7.95. The standard InChI is InChI=1S/C12H21N3O4.C10H11N.C2H6/c1-12(2,3)19-11(18)9(15-10(17)7-14)5-4-8(16)6-13;1-8-7-11(2)10-6-4-3-5-9(8)10;1-2/h6,9,13H,4-5,7,14H2,1-3H3,(H,15,17);3-7H,1-2H3;1-2H3. The fraction of sp³-hybridized carbons (Fsp3) is 0.500. The van der Waals surface area contributed by atoms with Gasteiger partial charge in [0.15, 0.2) is 5.78 Å². The van der Waals surface area contributed by atoms with E-state index >= 15 is 0 Å². The van der Waals surface area contributed by atoms with Gasteiger partial charge in [-0.25, -0.2) is 4.79 Å². The number of rotatable bonds is 7. The van der Waals surface area contributed by atoms with Gasteiger partial charge in [0.1, 0.15) is 11.6 Å². The summed E-state index contributed by atoms with van der Waals surface area (Å²) in [6.45, 7) is 11.0. The molecule has 4 N–H and O–H groups in total. The van der Waals surface area contributed by atoms with Crippen molar-refractivity contribution < 1.29 is 19.1 Å². The largest absolute Gasteiger partial charge is 0.458 e. The highest BCUT2D eigenvalue weighted by molar-refractivity contribution is 6.26. The SMILES string of the molecule is CC.CC(C)(C)OC(=O)C(CCC(=O)C=N)NC(=O)CN.Cc1cn(C)c2ccccc12. The van der Waals surface area contributed by atoms with Crippen LogP contribution in [0.3, 0.4) is 0 Å². The summed E-state index contributed by atoms with van der Waals surface area (Å²) < 4.78 is 7.31. The third-order valence-corrected chi connectivity index (χ3v) is 4.15. The molecule has 2 aromatic rings. The molecule has 1 atom stereocenters. The lowest BCUT2D eigenvalue weighted by Gasteiger charge is -2.24. The minimum atomic E-state index is -0.931. The first-order chi connectivity index (χ1) is 15.0. The molecule has 0 aliphatic heterocycles. The van der Waals surface area contributed by atoms with Crippen LogP contribution in [0.2, 0.25) is 0 Å². The Morgan fingerprint density at radius 3 is 2.31 bits per heavy atom. The topological polar surface area (TPSA) is 127 Å². The number of carbonyl (C=O) groups is 3. The van der Waals surface area contributed by atoms with E-state index in [0.29, 0.717) is 6.21 Å². The zero-order chi connectivity index (χ0) is 24.9. The van der Waals surface area contributed by atoms with Gasteiger partial charge in [-0.15, -0.1) is 0 Å². The Kier molecular flexibility index (Phi) is 12.8. The molecule has 8 nitrogen and oxygen atoms in total. The third-order valence-electron chi connectivity index (χ3n) is 4.15. The molecule has 8 heteroatoms. The van der Waals surface area contributed by atoms with E-state index in [9.17, 15) is 14.4 Å². The van der Waals surface area contributed by atoms with Gasteiger partial charge in [-0.1, -0.05) is 32.0 Å². The highest BCUT2D eigenvalue weighted by Crippen LogP contribution is 2.18. The van der Waals surface area contributed by atoms with Crippen LogP contribution in [-0.2, 0) is 26.2 Å². The molecule has 1 aromatic heterocycles. The number of ether oxygens (including phenoxy) is 1. The Hall–Kier alpha value is -3.00. The predicted molar refractivity (Wildman–Crippen MR) is 129 cm³/mol. The van der Waals surface area contributed by atoms with Crippen LogP contribution in [0.15, 0.2) is 30.5 Å². The highest BCUT2D eigenvalue weighted by atomic mass is 16.6. The molecule has 0 aliphatic carbocycles. The monoisotopic (exact) mass is 446 g/mol. The van der Waals surface area contributed by atoms with Gasteiger partial charge in [-0.05, 0) is 45.7 Å². The van der Waals surface area contributed by atoms with Gasteiger partial charge >= 0.3 is 5.97 Å². The van der Waals surface area contributed by atoms with Gasteiger partial charge in [0.05, 0.1) is 12.8 Å². The van der Waals surface area contributed by atoms with Crippen LogP contribution in [-0.4, -0.2) is 46.6 Å². The molecule has 0 aliphatic rings. The van der Waals surface area contributed by atoms with Gasteiger partial charge in [-0.2, -0.15) is 0 Å². The van der Waals surface area contributed by atoms with Gasteiger partial charge in [0, 0.05) is 30.6 Å². The number of nitrogens with one attached hydrogen (secondary N) is 2. The molecule has 178 valence electrons. The van der Waals surface area contributed by atoms with Crippen LogP contribution in [0, 0.1) is 12.3 Å². The third kappa shape index (κ3) is 10.3. The van der Waals surface area contributed by atoms with Gasteiger partial charge < -0.3 is 25.8 Å². The molecular formula is C24H38N4O4. The van der Waals surface area contributed by atoms with Crippen molar-refractivity contribution in [1.82, 2.24) is 9.88 Å². The first-order valence-corrected chi connectivity index (χ1v) is 10.7. The van der Waals surface area contributed by atoms with E-state index in [1.54, 1.807) is 20.8 Å². The van der Waals surface area contributed by atoms with Crippen molar-refractivity contribution in [3.8, 4) is 0 Å². The Morgan fingerprint density at radius 2 is 1.81 bits per heavy atom. The second kappa shape index (κ2) is 14.1. The number of carbonyl (C=O) groups excluding carboxylic acids is 3. The summed E-state index contributed by atoms with van der Waals surface area (Å²) in [5.41, 5.74) is 7.14. The van der Waals surface area contributed by atoms with E-state index in [4.69, 9.17) is 15.9 Å². The minimum Gasteiger partial charge on any atom is -0.458 e.